The van der Waals surface area contributed by atoms with E-state index in [0.29, 0.717) is 36.4 Å². The van der Waals surface area contributed by atoms with Crippen molar-refractivity contribution in [3.63, 3.8) is 0 Å². The molecule has 1 heterocycles. The summed E-state index contributed by atoms with van der Waals surface area (Å²) in [5.74, 6) is 0.481. The van der Waals surface area contributed by atoms with Gasteiger partial charge in [0, 0.05) is 5.69 Å². The number of rotatable bonds is 7. The van der Waals surface area contributed by atoms with E-state index < -0.39 is 18.0 Å². The van der Waals surface area contributed by atoms with Gasteiger partial charge < -0.3 is 24.3 Å². The lowest BCUT2D eigenvalue weighted by Gasteiger charge is -2.21. The summed E-state index contributed by atoms with van der Waals surface area (Å²) in [4.78, 5) is 25.3. The van der Waals surface area contributed by atoms with Gasteiger partial charge in [0.05, 0.1) is 12.7 Å². The predicted molar refractivity (Wildman–Crippen MR) is 113 cm³/mol. The van der Waals surface area contributed by atoms with E-state index in [1.807, 2.05) is 24.3 Å². The highest BCUT2D eigenvalue weighted by molar-refractivity contribution is 5.98. The molecule has 0 fully saturated rings. The number of hydrogen-bond acceptors (Lipinski definition) is 6. The molecule has 0 aromatic heterocycles. The number of fused-ring (bicyclic) bond motifs is 1. The maximum atomic E-state index is 12.6. The second kappa shape index (κ2) is 9.52. The van der Waals surface area contributed by atoms with Crippen LogP contribution in [0.4, 0.5) is 5.69 Å². The summed E-state index contributed by atoms with van der Waals surface area (Å²) in [7, 11) is 1.48. The Morgan fingerprint density at radius 2 is 1.87 bits per heavy atom. The van der Waals surface area contributed by atoms with E-state index in [4.69, 9.17) is 18.9 Å². The van der Waals surface area contributed by atoms with Gasteiger partial charge in [0.15, 0.2) is 17.6 Å². The lowest BCUT2D eigenvalue weighted by Crippen LogP contribution is -2.30. The van der Waals surface area contributed by atoms with Gasteiger partial charge in [-0.3, -0.25) is 4.79 Å². The molecule has 0 aliphatic carbocycles. The Labute approximate surface area is 176 Å². The number of amides is 1. The summed E-state index contributed by atoms with van der Waals surface area (Å²) in [6, 6.07) is 10.7. The number of para-hydroxylation sites is 1. The minimum atomic E-state index is -0.985. The van der Waals surface area contributed by atoms with Crippen LogP contribution in [0.25, 0.3) is 0 Å². The number of benzene rings is 2. The fourth-order valence-corrected chi connectivity index (χ4v) is 3.17. The Morgan fingerprint density at radius 3 is 2.60 bits per heavy atom. The van der Waals surface area contributed by atoms with E-state index in [0.717, 1.165) is 17.7 Å². The fraction of sp³-hybridized carbons (Fsp3) is 0.391. The summed E-state index contributed by atoms with van der Waals surface area (Å²) in [6.45, 7) is 6.51. The quantitative estimate of drug-likeness (QED) is 0.686. The van der Waals surface area contributed by atoms with Crippen molar-refractivity contribution in [2.45, 2.75) is 39.2 Å². The number of anilines is 1. The monoisotopic (exact) mass is 413 g/mol. The fourth-order valence-electron chi connectivity index (χ4n) is 3.17. The van der Waals surface area contributed by atoms with E-state index >= 15 is 0 Å². The minimum absolute atomic E-state index is 0.218. The van der Waals surface area contributed by atoms with Crippen LogP contribution < -0.4 is 19.5 Å². The maximum Gasteiger partial charge on any atom is 0.339 e. The van der Waals surface area contributed by atoms with Crippen molar-refractivity contribution < 1.29 is 28.5 Å². The Bertz CT molecular complexity index is 909. The molecule has 1 aliphatic heterocycles. The molecule has 30 heavy (non-hydrogen) atoms. The minimum Gasteiger partial charge on any atom is -0.493 e. The Balaban J connectivity index is 1.71. The highest BCUT2D eigenvalue weighted by Crippen LogP contribution is 2.40. The van der Waals surface area contributed by atoms with Crippen LogP contribution in [0.5, 0.6) is 17.2 Å². The number of methoxy groups -OCH3 is 1. The normalized spacial score (nSPS) is 14.4. The molecule has 3 rings (SSSR count). The van der Waals surface area contributed by atoms with Gasteiger partial charge in [-0.1, -0.05) is 32.0 Å². The smallest absolute Gasteiger partial charge is 0.339 e. The molecule has 0 unspecified atom stereocenters. The van der Waals surface area contributed by atoms with E-state index in [-0.39, 0.29) is 5.56 Å². The average Bonchev–Trinajstić information content (AvgIpc) is 2.77. The molecule has 0 saturated carbocycles. The topological polar surface area (TPSA) is 83.1 Å². The van der Waals surface area contributed by atoms with Gasteiger partial charge >= 0.3 is 5.97 Å². The van der Waals surface area contributed by atoms with Crippen molar-refractivity contribution in [1.29, 1.82) is 0 Å². The van der Waals surface area contributed by atoms with Crippen molar-refractivity contribution in [3.05, 3.63) is 47.5 Å². The van der Waals surface area contributed by atoms with E-state index in [9.17, 15) is 9.59 Å². The van der Waals surface area contributed by atoms with Gasteiger partial charge in [-0.2, -0.15) is 0 Å². The zero-order valence-electron chi connectivity index (χ0n) is 17.7. The van der Waals surface area contributed by atoms with Crippen LogP contribution in [0, 0.1) is 0 Å². The number of carbonyl (C=O) groups is 2. The number of carbonyl (C=O) groups excluding carboxylic acids is 2. The standard InChI is InChI=1S/C23H27NO6/c1-5-14(2)17-8-6-7-9-18(17)24-22(25)15(3)30-23(26)16-12-19(27-4)21-20(13-16)28-10-11-29-21/h6-9,12-15H,5,10-11H2,1-4H3,(H,24,25)/t14-,15+/m0/s1. The molecule has 1 aliphatic rings. The lowest BCUT2D eigenvalue weighted by atomic mass is 9.97. The zero-order valence-corrected chi connectivity index (χ0v) is 17.7. The first kappa shape index (κ1) is 21.5. The number of hydrogen-bond donors (Lipinski definition) is 1. The summed E-state index contributed by atoms with van der Waals surface area (Å²) < 4.78 is 21.8. The SMILES string of the molecule is CC[C@H](C)c1ccccc1NC(=O)[C@@H](C)OC(=O)c1cc(OC)c2c(c1)OCCO2. The first-order valence-corrected chi connectivity index (χ1v) is 10.0. The third-order valence-corrected chi connectivity index (χ3v) is 5.08. The van der Waals surface area contributed by atoms with Gasteiger partial charge in [-0.05, 0) is 43.0 Å². The summed E-state index contributed by atoms with van der Waals surface area (Å²) in [5, 5.41) is 2.87. The first-order chi connectivity index (χ1) is 14.4. The van der Waals surface area contributed by atoms with Crippen molar-refractivity contribution in [2.24, 2.45) is 0 Å². The van der Waals surface area contributed by atoms with E-state index in [1.54, 1.807) is 0 Å². The molecule has 1 N–H and O–H groups in total. The highest BCUT2D eigenvalue weighted by Gasteiger charge is 2.25. The van der Waals surface area contributed by atoms with Crippen LogP contribution in [0.15, 0.2) is 36.4 Å². The molecular formula is C23H27NO6. The number of esters is 1. The van der Waals surface area contributed by atoms with E-state index in [1.165, 1.54) is 26.2 Å². The number of ether oxygens (including phenoxy) is 4. The van der Waals surface area contributed by atoms with Crippen LogP contribution >= 0.6 is 0 Å². The summed E-state index contributed by atoms with van der Waals surface area (Å²) in [5.41, 5.74) is 1.99. The van der Waals surface area contributed by atoms with Crippen LogP contribution in [0.1, 0.15) is 49.0 Å². The third kappa shape index (κ3) is 4.67. The zero-order chi connectivity index (χ0) is 21.7. The van der Waals surface area contributed by atoms with Crippen LogP contribution in [0.3, 0.4) is 0 Å². The van der Waals surface area contributed by atoms with Crippen molar-refractivity contribution >= 4 is 17.6 Å². The molecule has 0 radical (unpaired) electrons. The molecule has 160 valence electrons. The van der Waals surface area contributed by atoms with Crippen LogP contribution in [0.2, 0.25) is 0 Å². The Morgan fingerprint density at radius 1 is 1.13 bits per heavy atom. The van der Waals surface area contributed by atoms with Gasteiger partial charge in [0.1, 0.15) is 13.2 Å². The molecule has 2 atom stereocenters. The summed E-state index contributed by atoms with van der Waals surface area (Å²) in [6.07, 6.45) is -0.0368. The molecule has 0 saturated heterocycles. The Kier molecular flexibility index (Phi) is 6.82. The molecule has 1 amide bonds. The van der Waals surface area contributed by atoms with Gasteiger partial charge in [-0.25, -0.2) is 4.79 Å². The second-order valence-electron chi connectivity index (χ2n) is 7.14. The predicted octanol–water partition coefficient (Wildman–Crippen LogP) is 4.16. The summed E-state index contributed by atoms with van der Waals surface area (Å²) >= 11 is 0. The number of nitrogens with one attached hydrogen (secondary N) is 1. The Hall–Kier alpha value is -3.22. The molecule has 0 spiro atoms. The van der Waals surface area contributed by atoms with Crippen molar-refractivity contribution in [3.8, 4) is 17.2 Å². The van der Waals surface area contributed by atoms with Gasteiger partial charge in [0.25, 0.3) is 5.91 Å². The molecular weight excluding hydrogens is 386 g/mol. The molecule has 7 heteroatoms. The third-order valence-electron chi connectivity index (χ3n) is 5.08. The molecule has 7 nitrogen and oxygen atoms in total. The molecule has 2 aromatic carbocycles. The van der Waals surface area contributed by atoms with Crippen molar-refractivity contribution in [2.75, 3.05) is 25.6 Å². The lowest BCUT2D eigenvalue weighted by molar-refractivity contribution is -0.123. The van der Waals surface area contributed by atoms with Gasteiger partial charge in [0.2, 0.25) is 5.75 Å². The second-order valence-corrected chi connectivity index (χ2v) is 7.14. The van der Waals surface area contributed by atoms with Crippen LogP contribution in [-0.2, 0) is 9.53 Å². The maximum absolute atomic E-state index is 12.6. The molecule has 2 aromatic rings. The largest absolute Gasteiger partial charge is 0.493 e. The first-order valence-electron chi connectivity index (χ1n) is 10.0. The van der Waals surface area contributed by atoms with Crippen molar-refractivity contribution in [1.82, 2.24) is 0 Å². The van der Waals surface area contributed by atoms with Crippen LogP contribution in [-0.4, -0.2) is 38.3 Å². The highest BCUT2D eigenvalue weighted by atomic mass is 16.6. The van der Waals surface area contributed by atoms with E-state index in [2.05, 4.69) is 19.2 Å². The average molecular weight is 413 g/mol. The molecule has 0 bridgehead atoms. The van der Waals surface area contributed by atoms with Gasteiger partial charge in [-0.15, -0.1) is 0 Å².